The van der Waals surface area contributed by atoms with Crippen LogP contribution in [0.5, 0.6) is 0 Å². The Hall–Kier alpha value is -0.940. The van der Waals surface area contributed by atoms with Crippen LogP contribution in [-0.4, -0.2) is 29.9 Å². The topological polar surface area (TPSA) is 46.3 Å². The van der Waals surface area contributed by atoms with Crippen LogP contribution < -0.4 is 5.73 Å². The van der Waals surface area contributed by atoms with E-state index in [2.05, 4.69) is 15.9 Å². The van der Waals surface area contributed by atoms with Crippen molar-refractivity contribution in [1.29, 1.82) is 0 Å². The molecule has 1 atom stereocenters. The van der Waals surface area contributed by atoms with Gasteiger partial charge in [0.05, 0.1) is 10.0 Å². The van der Waals surface area contributed by atoms with E-state index < -0.39 is 5.82 Å². The first-order chi connectivity index (χ1) is 8.09. The quantitative estimate of drug-likeness (QED) is 0.864. The average molecular weight is 301 g/mol. The van der Waals surface area contributed by atoms with E-state index in [1.54, 1.807) is 11.0 Å². The Morgan fingerprint density at radius 3 is 3.00 bits per heavy atom. The molecule has 1 fully saturated rings. The zero-order chi connectivity index (χ0) is 12.4. The highest BCUT2D eigenvalue weighted by Crippen LogP contribution is 2.23. The fraction of sp³-hybridized carbons (Fsp3) is 0.417. The van der Waals surface area contributed by atoms with Crippen molar-refractivity contribution in [3.05, 3.63) is 34.1 Å². The van der Waals surface area contributed by atoms with Crippen LogP contribution in [0.15, 0.2) is 22.7 Å². The normalized spacial score (nSPS) is 20.4. The molecule has 1 aromatic rings. The first-order valence-corrected chi connectivity index (χ1v) is 6.37. The predicted octanol–water partition coefficient (Wildman–Crippen LogP) is 2.15. The van der Waals surface area contributed by atoms with Crippen LogP contribution >= 0.6 is 15.9 Å². The van der Waals surface area contributed by atoms with E-state index >= 15 is 0 Å². The number of likely N-dealkylation sites (tertiary alicyclic amines) is 1. The van der Waals surface area contributed by atoms with E-state index in [-0.39, 0.29) is 16.4 Å². The molecule has 0 aromatic heterocycles. The van der Waals surface area contributed by atoms with Crippen molar-refractivity contribution in [3.63, 3.8) is 0 Å². The molecule has 1 heterocycles. The van der Waals surface area contributed by atoms with Crippen molar-refractivity contribution in [2.75, 3.05) is 13.1 Å². The average Bonchev–Trinajstić information content (AvgIpc) is 2.32. The van der Waals surface area contributed by atoms with Gasteiger partial charge < -0.3 is 10.6 Å². The van der Waals surface area contributed by atoms with E-state index in [9.17, 15) is 9.18 Å². The van der Waals surface area contributed by atoms with Gasteiger partial charge in [0, 0.05) is 19.1 Å². The molecule has 17 heavy (non-hydrogen) atoms. The second kappa shape index (κ2) is 5.14. The van der Waals surface area contributed by atoms with Gasteiger partial charge in [-0.3, -0.25) is 4.79 Å². The standard InChI is InChI=1S/C12H14BrFN2O/c13-11-9(4-1-5-10(11)14)12(17)16-6-2-3-8(15)7-16/h1,4-5,8H,2-3,6-7,15H2/t8-/m1/s1. The molecular formula is C12H14BrFN2O. The number of halogens is 2. The largest absolute Gasteiger partial charge is 0.337 e. The highest BCUT2D eigenvalue weighted by molar-refractivity contribution is 9.10. The Labute approximate surface area is 108 Å². The Bertz CT molecular complexity index is 439. The maximum atomic E-state index is 13.3. The van der Waals surface area contributed by atoms with Gasteiger partial charge >= 0.3 is 0 Å². The zero-order valence-electron chi connectivity index (χ0n) is 9.33. The zero-order valence-corrected chi connectivity index (χ0v) is 10.9. The third kappa shape index (κ3) is 2.66. The maximum absolute atomic E-state index is 13.3. The molecule has 1 aromatic carbocycles. The van der Waals surface area contributed by atoms with Crippen LogP contribution in [0.25, 0.3) is 0 Å². The number of hydrogen-bond donors (Lipinski definition) is 1. The molecule has 1 saturated heterocycles. The number of amides is 1. The lowest BCUT2D eigenvalue weighted by atomic mass is 10.1. The van der Waals surface area contributed by atoms with Crippen molar-refractivity contribution >= 4 is 21.8 Å². The summed E-state index contributed by atoms with van der Waals surface area (Å²) in [6.45, 7) is 1.23. The van der Waals surface area contributed by atoms with Gasteiger partial charge in [-0.25, -0.2) is 4.39 Å². The van der Waals surface area contributed by atoms with Crippen LogP contribution in [0, 0.1) is 5.82 Å². The molecule has 0 radical (unpaired) electrons. The van der Waals surface area contributed by atoms with Crippen molar-refractivity contribution in [2.45, 2.75) is 18.9 Å². The SMILES string of the molecule is N[C@@H]1CCCN(C(=O)c2cccc(F)c2Br)C1. The van der Waals surface area contributed by atoms with Gasteiger partial charge in [-0.1, -0.05) is 6.07 Å². The molecule has 3 nitrogen and oxygen atoms in total. The highest BCUT2D eigenvalue weighted by atomic mass is 79.9. The molecule has 2 N–H and O–H groups in total. The lowest BCUT2D eigenvalue weighted by Crippen LogP contribution is -2.45. The molecule has 92 valence electrons. The summed E-state index contributed by atoms with van der Waals surface area (Å²) in [5, 5.41) is 0. The summed E-state index contributed by atoms with van der Waals surface area (Å²) in [5.74, 6) is -0.580. The fourth-order valence-corrected chi connectivity index (χ4v) is 2.47. The van der Waals surface area contributed by atoms with Crippen LogP contribution in [0.4, 0.5) is 4.39 Å². The molecule has 1 aliphatic rings. The number of nitrogens with two attached hydrogens (primary N) is 1. The molecule has 1 amide bonds. The number of rotatable bonds is 1. The molecule has 0 bridgehead atoms. The van der Waals surface area contributed by atoms with Gasteiger partial charge in [0.25, 0.3) is 5.91 Å². The summed E-state index contributed by atoms with van der Waals surface area (Å²) in [5.41, 5.74) is 6.19. The highest BCUT2D eigenvalue weighted by Gasteiger charge is 2.24. The van der Waals surface area contributed by atoms with Crippen LogP contribution in [0.2, 0.25) is 0 Å². The monoisotopic (exact) mass is 300 g/mol. The number of carbonyl (C=O) groups excluding carboxylic acids is 1. The van der Waals surface area contributed by atoms with E-state index in [0.29, 0.717) is 18.7 Å². The third-order valence-electron chi connectivity index (χ3n) is 2.93. The first-order valence-electron chi connectivity index (χ1n) is 5.58. The van der Waals surface area contributed by atoms with Crippen LogP contribution in [0.3, 0.4) is 0 Å². The third-order valence-corrected chi connectivity index (χ3v) is 3.73. The molecule has 0 spiro atoms. The van der Waals surface area contributed by atoms with Crippen LogP contribution in [-0.2, 0) is 0 Å². The lowest BCUT2D eigenvalue weighted by Gasteiger charge is -2.31. The van der Waals surface area contributed by atoms with Gasteiger partial charge in [-0.2, -0.15) is 0 Å². The maximum Gasteiger partial charge on any atom is 0.255 e. The Morgan fingerprint density at radius 2 is 2.29 bits per heavy atom. The lowest BCUT2D eigenvalue weighted by molar-refractivity contribution is 0.0707. The second-order valence-electron chi connectivity index (χ2n) is 4.25. The van der Waals surface area contributed by atoms with Crippen molar-refractivity contribution in [2.24, 2.45) is 5.73 Å². The summed E-state index contributed by atoms with van der Waals surface area (Å²) in [7, 11) is 0. The minimum Gasteiger partial charge on any atom is -0.337 e. The Balaban J connectivity index is 2.22. The number of carbonyl (C=O) groups is 1. The smallest absolute Gasteiger partial charge is 0.255 e. The first kappa shape index (κ1) is 12.5. The van der Waals surface area contributed by atoms with E-state index in [1.165, 1.54) is 12.1 Å². The van der Waals surface area contributed by atoms with E-state index in [0.717, 1.165) is 12.8 Å². The van der Waals surface area contributed by atoms with E-state index in [4.69, 9.17) is 5.73 Å². The molecule has 0 saturated carbocycles. The second-order valence-corrected chi connectivity index (χ2v) is 5.05. The fourth-order valence-electron chi connectivity index (χ4n) is 2.03. The van der Waals surface area contributed by atoms with Crippen molar-refractivity contribution in [3.8, 4) is 0 Å². The molecular weight excluding hydrogens is 287 g/mol. The summed E-state index contributed by atoms with van der Waals surface area (Å²) < 4.78 is 13.6. The summed E-state index contributed by atoms with van der Waals surface area (Å²) in [6, 6.07) is 4.51. The van der Waals surface area contributed by atoms with Gasteiger partial charge in [0.2, 0.25) is 0 Å². The Morgan fingerprint density at radius 1 is 1.53 bits per heavy atom. The molecule has 5 heteroatoms. The number of hydrogen-bond acceptors (Lipinski definition) is 2. The van der Waals surface area contributed by atoms with Gasteiger partial charge in [0.1, 0.15) is 5.82 Å². The summed E-state index contributed by atoms with van der Waals surface area (Å²) in [6.07, 6.45) is 1.84. The molecule has 1 aliphatic heterocycles. The minimum atomic E-state index is -0.419. The van der Waals surface area contributed by atoms with Crippen LogP contribution in [0.1, 0.15) is 23.2 Å². The summed E-state index contributed by atoms with van der Waals surface area (Å²) >= 11 is 3.11. The molecule has 0 unspecified atom stereocenters. The van der Waals surface area contributed by atoms with Crippen molar-refractivity contribution < 1.29 is 9.18 Å². The predicted molar refractivity (Wildman–Crippen MR) is 67.2 cm³/mol. The molecule has 2 rings (SSSR count). The van der Waals surface area contributed by atoms with Gasteiger partial charge in [0.15, 0.2) is 0 Å². The summed E-state index contributed by atoms with van der Waals surface area (Å²) in [4.78, 5) is 13.9. The Kier molecular flexibility index (Phi) is 3.79. The van der Waals surface area contributed by atoms with Gasteiger partial charge in [-0.05, 0) is 40.9 Å². The van der Waals surface area contributed by atoms with Crippen molar-refractivity contribution in [1.82, 2.24) is 4.90 Å². The van der Waals surface area contributed by atoms with Gasteiger partial charge in [-0.15, -0.1) is 0 Å². The minimum absolute atomic E-state index is 0.0278. The van der Waals surface area contributed by atoms with E-state index in [1.807, 2.05) is 0 Å². The number of benzene rings is 1. The number of nitrogens with zero attached hydrogens (tertiary/aromatic N) is 1. The molecule has 0 aliphatic carbocycles. The number of piperidine rings is 1.